The second-order valence-electron chi connectivity index (χ2n) is 5.43. The maximum absolute atomic E-state index is 11.2. The first kappa shape index (κ1) is 21.5. The predicted molar refractivity (Wildman–Crippen MR) is 84.5 cm³/mol. The fourth-order valence-corrected chi connectivity index (χ4v) is 2.45. The van der Waals surface area contributed by atoms with Gasteiger partial charge in [-0.15, -0.1) is 0 Å². The van der Waals surface area contributed by atoms with Crippen molar-refractivity contribution in [3.63, 3.8) is 0 Å². The topological polar surface area (TPSA) is 244 Å². The van der Waals surface area contributed by atoms with Gasteiger partial charge in [0.05, 0.1) is 17.0 Å². The van der Waals surface area contributed by atoms with Crippen LogP contribution in [0.5, 0.6) is 0 Å². The van der Waals surface area contributed by atoms with Crippen LogP contribution in [-0.2, 0) is 19.2 Å². The molecule has 0 spiro atoms. The normalized spacial score (nSPS) is 13.2. The molecule has 0 aliphatic carbocycles. The fraction of sp³-hybridized carbons (Fsp3) is 0.286. The molecule has 2 atom stereocenters. The molecule has 0 amide bonds. The SMILES string of the molecule is NC(c1ccc([N+](=O)[O-])cc1C(N)C(C(=O)O)C(=O)O)C(C(=O)O)C(=O)O. The zero-order chi connectivity index (χ0) is 21.0. The van der Waals surface area contributed by atoms with Crippen LogP contribution < -0.4 is 11.5 Å². The summed E-state index contributed by atoms with van der Waals surface area (Å²) in [5.74, 6) is -11.8. The highest BCUT2D eigenvalue weighted by molar-refractivity contribution is 5.95. The number of non-ortho nitro benzene ring substituents is 1. The molecular formula is C14H15N3O10. The van der Waals surface area contributed by atoms with Crippen molar-refractivity contribution in [1.29, 1.82) is 0 Å². The monoisotopic (exact) mass is 385 g/mol. The summed E-state index contributed by atoms with van der Waals surface area (Å²) in [5.41, 5.74) is 9.94. The Hall–Kier alpha value is -3.58. The molecule has 0 aliphatic heterocycles. The number of rotatable bonds is 9. The summed E-state index contributed by atoms with van der Waals surface area (Å²) in [5, 5.41) is 47.2. The lowest BCUT2D eigenvalue weighted by atomic mass is 9.84. The molecule has 0 fully saturated rings. The minimum atomic E-state index is -2.24. The Morgan fingerprint density at radius 1 is 0.815 bits per heavy atom. The maximum atomic E-state index is 11.2. The minimum Gasteiger partial charge on any atom is -0.481 e. The van der Waals surface area contributed by atoms with Crippen molar-refractivity contribution in [2.45, 2.75) is 12.1 Å². The summed E-state index contributed by atoms with van der Waals surface area (Å²) in [4.78, 5) is 54.8. The van der Waals surface area contributed by atoms with Gasteiger partial charge in [0.25, 0.3) is 5.69 Å². The van der Waals surface area contributed by atoms with E-state index >= 15 is 0 Å². The van der Waals surface area contributed by atoms with E-state index in [-0.39, 0.29) is 5.56 Å². The third kappa shape index (κ3) is 4.53. The maximum Gasteiger partial charge on any atom is 0.319 e. The van der Waals surface area contributed by atoms with Gasteiger partial charge in [0.1, 0.15) is 0 Å². The van der Waals surface area contributed by atoms with Crippen LogP contribution >= 0.6 is 0 Å². The van der Waals surface area contributed by atoms with Gasteiger partial charge in [0, 0.05) is 12.1 Å². The Kier molecular flexibility index (Phi) is 6.52. The summed E-state index contributed by atoms with van der Waals surface area (Å²) in [6, 6.07) is -1.13. The van der Waals surface area contributed by atoms with Gasteiger partial charge in [-0.05, 0) is 11.1 Å². The molecule has 27 heavy (non-hydrogen) atoms. The van der Waals surface area contributed by atoms with Crippen LogP contribution in [0.3, 0.4) is 0 Å². The van der Waals surface area contributed by atoms with Crippen molar-refractivity contribution >= 4 is 29.6 Å². The van der Waals surface area contributed by atoms with Crippen molar-refractivity contribution in [1.82, 2.24) is 0 Å². The zero-order valence-electron chi connectivity index (χ0n) is 13.4. The number of carbonyl (C=O) groups is 4. The molecule has 13 nitrogen and oxygen atoms in total. The molecule has 0 bridgehead atoms. The number of nitrogens with two attached hydrogens (primary N) is 2. The molecule has 0 aliphatic rings. The number of aliphatic carboxylic acids is 4. The van der Waals surface area contributed by atoms with Gasteiger partial charge in [-0.3, -0.25) is 29.3 Å². The van der Waals surface area contributed by atoms with Crippen molar-refractivity contribution in [2.75, 3.05) is 0 Å². The highest BCUT2D eigenvalue weighted by atomic mass is 16.6. The van der Waals surface area contributed by atoms with Gasteiger partial charge >= 0.3 is 23.9 Å². The largest absolute Gasteiger partial charge is 0.481 e. The van der Waals surface area contributed by atoms with Gasteiger partial charge in [-0.2, -0.15) is 0 Å². The van der Waals surface area contributed by atoms with E-state index < -0.39 is 64.0 Å². The third-order valence-electron chi connectivity index (χ3n) is 3.78. The Morgan fingerprint density at radius 3 is 1.52 bits per heavy atom. The van der Waals surface area contributed by atoms with E-state index in [0.29, 0.717) is 0 Å². The van der Waals surface area contributed by atoms with E-state index in [4.69, 9.17) is 31.9 Å². The molecular weight excluding hydrogens is 370 g/mol. The molecule has 1 aromatic carbocycles. The minimum absolute atomic E-state index is 0.338. The van der Waals surface area contributed by atoms with Crippen LogP contribution in [0.4, 0.5) is 5.69 Å². The van der Waals surface area contributed by atoms with E-state index in [1.165, 1.54) is 0 Å². The second-order valence-corrected chi connectivity index (χ2v) is 5.43. The first-order valence-corrected chi connectivity index (χ1v) is 7.10. The molecule has 0 radical (unpaired) electrons. The van der Waals surface area contributed by atoms with Gasteiger partial charge < -0.3 is 31.9 Å². The van der Waals surface area contributed by atoms with Crippen molar-refractivity contribution in [3.8, 4) is 0 Å². The molecule has 13 heteroatoms. The third-order valence-corrected chi connectivity index (χ3v) is 3.78. The summed E-state index contributed by atoms with van der Waals surface area (Å²) < 4.78 is 0. The number of hydrogen-bond donors (Lipinski definition) is 6. The van der Waals surface area contributed by atoms with Gasteiger partial charge in [0.2, 0.25) is 0 Å². The highest BCUT2D eigenvalue weighted by Gasteiger charge is 2.39. The zero-order valence-corrected chi connectivity index (χ0v) is 13.4. The molecule has 0 aromatic heterocycles. The predicted octanol–water partition coefficient (Wildman–Crippen LogP) is -0.835. The van der Waals surface area contributed by atoms with Crippen molar-refractivity contribution < 1.29 is 44.5 Å². The number of carboxylic acid groups (broad SMARTS) is 4. The van der Waals surface area contributed by atoms with E-state index in [1.54, 1.807) is 0 Å². The van der Waals surface area contributed by atoms with E-state index in [2.05, 4.69) is 0 Å². The average molecular weight is 385 g/mol. The summed E-state index contributed by atoms with van der Waals surface area (Å²) >= 11 is 0. The second kappa shape index (κ2) is 8.20. The standard InChI is InChI=1S/C14H15N3O10/c15-9(7(11(18)19)12(20)21)5-2-1-4(17(26)27)3-6(5)10(16)8(13(22)23)14(24)25/h1-3,7-10H,15-16H2,(H,18,19)(H,20,21)(H,22,23)(H,24,25). The van der Waals surface area contributed by atoms with Crippen LogP contribution in [0.15, 0.2) is 18.2 Å². The number of carboxylic acids is 4. The van der Waals surface area contributed by atoms with Crippen LogP contribution in [0, 0.1) is 22.0 Å². The van der Waals surface area contributed by atoms with Crippen LogP contribution in [0.2, 0.25) is 0 Å². The molecule has 0 heterocycles. The number of benzene rings is 1. The Morgan fingerprint density at radius 2 is 1.19 bits per heavy atom. The lowest BCUT2D eigenvalue weighted by Crippen LogP contribution is -2.38. The first-order chi connectivity index (χ1) is 12.4. The summed E-state index contributed by atoms with van der Waals surface area (Å²) in [6.45, 7) is 0. The molecule has 0 saturated heterocycles. The van der Waals surface area contributed by atoms with Gasteiger partial charge in [0.15, 0.2) is 11.8 Å². The van der Waals surface area contributed by atoms with Gasteiger partial charge in [-0.25, -0.2) is 0 Å². The van der Waals surface area contributed by atoms with E-state index in [0.717, 1.165) is 18.2 Å². The smallest absolute Gasteiger partial charge is 0.319 e. The molecule has 1 aromatic rings. The Balaban J connectivity index is 3.64. The van der Waals surface area contributed by atoms with Crippen molar-refractivity contribution in [2.24, 2.45) is 23.3 Å². The molecule has 2 unspecified atom stereocenters. The number of nitrogens with zero attached hydrogens (tertiary/aromatic N) is 1. The Labute approximate surface area is 150 Å². The number of nitro groups is 1. The fourth-order valence-electron chi connectivity index (χ4n) is 2.45. The molecule has 146 valence electrons. The number of nitro benzene ring substituents is 1. The van der Waals surface area contributed by atoms with Crippen LogP contribution in [0.25, 0.3) is 0 Å². The highest BCUT2D eigenvalue weighted by Crippen LogP contribution is 2.33. The van der Waals surface area contributed by atoms with Crippen LogP contribution in [0.1, 0.15) is 23.2 Å². The quantitative estimate of drug-likeness (QED) is 0.173. The molecule has 0 saturated carbocycles. The lowest BCUT2D eigenvalue weighted by molar-refractivity contribution is -0.385. The first-order valence-electron chi connectivity index (χ1n) is 7.10. The van der Waals surface area contributed by atoms with E-state index in [9.17, 15) is 29.3 Å². The Bertz CT molecular complexity index is 780. The summed E-state index contributed by atoms with van der Waals surface area (Å²) in [7, 11) is 0. The number of hydrogen-bond acceptors (Lipinski definition) is 8. The average Bonchev–Trinajstić information content (AvgIpc) is 2.52. The van der Waals surface area contributed by atoms with E-state index in [1.807, 2.05) is 0 Å². The van der Waals surface area contributed by atoms with Crippen molar-refractivity contribution in [3.05, 3.63) is 39.4 Å². The molecule has 8 N–H and O–H groups in total. The van der Waals surface area contributed by atoms with Crippen LogP contribution in [-0.4, -0.2) is 49.2 Å². The van der Waals surface area contributed by atoms with Gasteiger partial charge in [-0.1, -0.05) is 6.07 Å². The lowest BCUT2D eigenvalue weighted by Gasteiger charge is -2.24. The summed E-state index contributed by atoms with van der Waals surface area (Å²) in [6.07, 6.45) is 0. The molecule has 1 rings (SSSR count).